The Hall–Kier alpha value is -1.19. The van der Waals surface area contributed by atoms with Gasteiger partial charge in [0.05, 0.1) is 13.9 Å². The first-order valence-corrected chi connectivity index (χ1v) is 9.77. The average molecular weight is 434 g/mol. The fourth-order valence-electron chi connectivity index (χ4n) is 2.59. The van der Waals surface area contributed by atoms with Gasteiger partial charge in [-0.2, -0.15) is 0 Å². The summed E-state index contributed by atoms with van der Waals surface area (Å²) in [6.45, 7) is 1.71. The highest BCUT2D eigenvalue weighted by Crippen LogP contribution is 2.29. The van der Waals surface area contributed by atoms with Crippen LogP contribution in [0.5, 0.6) is 0 Å². The Morgan fingerprint density at radius 2 is 2.12 bits per heavy atom. The summed E-state index contributed by atoms with van der Waals surface area (Å²) in [6, 6.07) is 2.54. The number of thioether (sulfide) groups is 1. The van der Waals surface area contributed by atoms with Crippen LogP contribution in [0, 0.1) is 0 Å². The number of hydrogen-bond donors (Lipinski definition) is 1. The molecular formula is C15H16BrNO5S2. The normalized spacial score (nSPS) is 18.4. The topological polar surface area (TPSA) is 91.8 Å². The summed E-state index contributed by atoms with van der Waals surface area (Å²) >= 11 is 5.34. The first-order chi connectivity index (χ1) is 11.3. The third-order valence-electron chi connectivity index (χ3n) is 3.63. The molecule has 1 aromatic rings. The van der Waals surface area contributed by atoms with Gasteiger partial charge in [0.1, 0.15) is 6.04 Å². The lowest BCUT2D eigenvalue weighted by Gasteiger charge is -2.23. The molecule has 0 aliphatic carbocycles. The minimum Gasteiger partial charge on any atom is -0.480 e. The summed E-state index contributed by atoms with van der Waals surface area (Å²) in [4.78, 5) is 49.5. The Bertz CT molecular complexity index is 675. The molecule has 24 heavy (non-hydrogen) atoms. The maximum absolute atomic E-state index is 12.6. The van der Waals surface area contributed by atoms with Gasteiger partial charge in [0.25, 0.3) is 0 Å². The van der Waals surface area contributed by atoms with Crippen LogP contribution < -0.4 is 0 Å². The maximum atomic E-state index is 12.6. The van der Waals surface area contributed by atoms with Crippen molar-refractivity contribution in [1.29, 1.82) is 0 Å². The predicted octanol–water partition coefficient (Wildman–Crippen LogP) is 2.81. The summed E-state index contributed by atoms with van der Waals surface area (Å²) < 4.78 is 0.786. The van der Waals surface area contributed by atoms with E-state index in [2.05, 4.69) is 15.9 Å². The van der Waals surface area contributed by atoms with Gasteiger partial charge in [0.15, 0.2) is 10.9 Å². The summed E-state index contributed by atoms with van der Waals surface area (Å²) in [7, 11) is 0. The fraction of sp³-hybridized carbons (Fsp3) is 0.467. The zero-order valence-corrected chi connectivity index (χ0v) is 16.1. The molecule has 2 atom stereocenters. The van der Waals surface area contributed by atoms with E-state index in [1.165, 1.54) is 23.2 Å². The second-order valence-electron chi connectivity index (χ2n) is 5.35. The molecule has 0 aromatic carbocycles. The van der Waals surface area contributed by atoms with Crippen LogP contribution in [0.1, 0.15) is 35.9 Å². The Kier molecular flexibility index (Phi) is 6.59. The number of carboxylic acid groups (broad SMARTS) is 1. The molecule has 0 radical (unpaired) electrons. The Balaban J connectivity index is 2.13. The Labute approximate surface area is 155 Å². The van der Waals surface area contributed by atoms with Crippen molar-refractivity contribution in [1.82, 2.24) is 4.90 Å². The number of halogens is 1. The number of carbonyl (C=O) groups is 4. The molecule has 0 spiro atoms. The third kappa shape index (κ3) is 4.67. The van der Waals surface area contributed by atoms with Crippen molar-refractivity contribution in [2.75, 3.05) is 6.54 Å². The molecule has 1 saturated heterocycles. The lowest BCUT2D eigenvalue weighted by atomic mass is 10.1. The first-order valence-electron chi connectivity index (χ1n) is 7.28. The van der Waals surface area contributed by atoms with Crippen LogP contribution >= 0.6 is 39.0 Å². The largest absolute Gasteiger partial charge is 0.480 e. The average Bonchev–Trinajstić information content (AvgIpc) is 3.13. The molecule has 0 saturated carbocycles. The van der Waals surface area contributed by atoms with Gasteiger partial charge >= 0.3 is 5.97 Å². The number of ketones is 1. The van der Waals surface area contributed by atoms with Crippen LogP contribution in [0.25, 0.3) is 0 Å². The number of hydrogen-bond acceptors (Lipinski definition) is 6. The van der Waals surface area contributed by atoms with Crippen LogP contribution in [0.3, 0.4) is 0 Å². The highest BCUT2D eigenvalue weighted by atomic mass is 79.9. The zero-order chi connectivity index (χ0) is 17.9. The predicted molar refractivity (Wildman–Crippen MR) is 95.4 cm³/mol. The lowest BCUT2D eigenvalue weighted by Crippen LogP contribution is -2.42. The van der Waals surface area contributed by atoms with Gasteiger partial charge in [-0.05, 0) is 40.9 Å². The molecule has 1 unspecified atom stereocenters. The van der Waals surface area contributed by atoms with Crippen LogP contribution in [-0.2, 0) is 14.4 Å². The Morgan fingerprint density at radius 3 is 2.67 bits per heavy atom. The van der Waals surface area contributed by atoms with Gasteiger partial charge in [0, 0.05) is 19.9 Å². The van der Waals surface area contributed by atoms with Gasteiger partial charge in [-0.1, -0.05) is 11.8 Å². The molecule has 0 bridgehead atoms. The SMILES string of the molecule is CC(=O)SC(CC(=O)N1CCC[C@H]1C(=O)O)C(=O)c1ccc(Br)s1. The van der Waals surface area contributed by atoms with Gasteiger partial charge < -0.3 is 10.0 Å². The number of Topliss-reactive ketones (excluding diaryl/α,β-unsaturated/α-hetero) is 1. The highest BCUT2D eigenvalue weighted by Gasteiger charge is 2.36. The molecule has 1 aliphatic heterocycles. The van der Waals surface area contributed by atoms with Gasteiger partial charge in [-0.3, -0.25) is 14.4 Å². The van der Waals surface area contributed by atoms with Crippen molar-refractivity contribution in [3.8, 4) is 0 Å². The number of rotatable bonds is 6. The van der Waals surface area contributed by atoms with Crippen LogP contribution in [0.15, 0.2) is 15.9 Å². The Morgan fingerprint density at radius 1 is 1.42 bits per heavy atom. The van der Waals surface area contributed by atoms with E-state index >= 15 is 0 Å². The second-order valence-corrected chi connectivity index (χ2v) is 9.20. The van der Waals surface area contributed by atoms with Crippen molar-refractivity contribution >= 4 is 61.8 Å². The number of carbonyl (C=O) groups excluding carboxylic acids is 3. The molecule has 2 rings (SSSR count). The number of aliphatic carboxylic acids is 1. The standard InChI is InChI=1S/C15H16BrNO5S2/c1-8(18)23-11(14(20)10-4-5-12(16)24-10)7-13(19)17-6-2-3-9(17)15(21)22/h4-5,9,11H,2-3,6-7H2,1H3,(H,21,22)/t9-,11?/m0/s1. The molecule has 9 heteroatoms. The van der Waals surface area contributed by atoms with Crippen LogP contribution in [0.4, 0.5) is 0 Å². The molecule has 6 nitrogen and oxygen atoms in total. The van der Waals surface area contributed by atoms with Gasteiger partial charge in [-0.15, -0.1) is 11.3 Å². The van der Waals surface area contributed by atoms with E-state index in [-0.39, 0.29) is 17.3 Å². The van der Waals surface area contributed by atoms with E-state index in [1.807, 2.05) is 0 Å². The summed E-state index contributed by atoms with van der Waals surface area (Å²) in [6.07, 6.45) is 0.860. The van der Waals surface area contributed by atoms with Crippen molar-refractivity contribution in [2.45, 2.75) is 37.5 Å². The lowest BCUT2D eigenvalue weighted by molar-refractivity contribution is -0.148. The zero-order valence-electron chi connectivity index (χ0n) is 12.9. The molecule has 1 amide bonds. The maximum Gasteiger partial charge on any atom is 0.326 e. The number of thiophene rings is 1. The molecule has 130 valence electrons. The van der Waals surface area contributed by atoms with E-state index in [1.54, 1.807) is 12.1 Å². The van der Waals surface area contributed by atoms with E-state index in [9.17, 15) is 24.3 Å². The summed E-state index contributed by atoms with van der Waals surface area (Å²) in [5.41, 5.74) is 0. The number of amides is 1. The first kappa shape index (κ1) is 19.1. The van der Waals surface area contributed by atoms with Crippen molar-refractivity contribution < 1.29 is 24.3 Å². The van der Waals surface area contributed by atoms with Crippen molar-refractivity contribution in [3.63, 3.8) is 0 Å². The van der Waals surface area contributed by atoms with Crippen LogP contribution in [-0.4, -0.2) is 50.6 Å². The van der Waals surface area contributed by atoms with E-state index in [0.717, 1.165) is 15.5 Å². The van der Waals surface area contributed by atoms with Gasteiger partial charge in [-0.25, -0.2) is 4.79 Å². The van der Waals surface area contributed by atoms with Crippen LogP contribution in [0.2, 0.25) is 0 Å². The number of likely N-dealkylation sites (tertiary alicyclic amines) is 1. The molecule has 1 N–H and O–H groups in total. The molecular weight excluding hydrogens is 418 g/mol. The van der Waals surface area contributed by atoms with Crippen molar-refractivity contribution in [3.05, 3.63) is 20.8 Å². The second kappa shape index (κ2) is 8.26. The molecule has 1 fully saturated rings. The van der Waals surface area contributed by atoms with E-state index < -0.39 is 23.2 Å². The smallest absolute Gasteiger partial charge is 0.326 e. The minimum atomic E-state index is -1.04. The minimum absolute atomic E-state index is 0.178. The van der Waals surface area contributed by atoms with Crippen molar-refractivity contribution in [2.24, 2.45) is 0 Å². The molecule has 1 aromatic heterocycles. The monoisotopic (exact) mass is 433 g/mol. The number of nitrogens with zero attached hydrogens (tertiary/aromatic N) is 1. The fourth-order valence-corrected chi connectivity index (χ4v) is 4.91. The molecule has 2 heterocycles. The quantitative estimate of drug-likeness (QED) is 0.693. The van der Waals surface area contributed by atoms with E-state index in [0.29, 0.717) is 24.3 Å². The third-order valence-corrected chi connectivity index (χ3v) is 6.27. The molecule has 1 aliphatic rings. The van der Waals surface area contributed by atoms with E-state index in [4.69, 9.17) is 0 Å². The summed E-state index contributed by atoms with van der Waals surface area (Å²) in [5, 5.41) is 8.08. The van der Waals surface area contributed by atoms with Gasteiger partial charge in [0.2, 0.25) is 5.91 Å². The number of carboxylic acids is 1. The summed E-state index contributed by atoms with van der Waals surface area (Å²) in [5.74, 6) is -1.72. The highest BCUT2D eigenvalue weighted by molar-refractivity contribution is 9.11.